The fourth-order valence-electron chi connectivity index (χ4n) is 7.34. The molecule has 6 aromatic carbocycles. The molecule has 0 bridgehead atoms. The summed E-state index contributed by atoms with van der Waals surface area (Å²) in [6.07, 6.45) is -4.88. The van der Waals surface area contributed by atoms with E-state index in [1.807, 2.05) is 0 Å². The predicted molar refractivity (Wildman–Crippen MR) is 211 cm³/mol. The number of rotatable bonds is 10. The Morgan fingerprint density at radius 3 is 1.34 bits per heavy atom. The summed E-state index contributed by atoms with van der Waals surface area (Å²) in [5.74, 6) is -5.15. The fourth-order valence-corrected chi connectivity index (χ4v) is 7.34. The highest BCUT2D eigenvalue weighted by Gasteiger charge is 2.52. The molecule has 0 radical (unpaired) electrons. The third-order valence-electron chi connectivity index (χ3n) is 10.3. The first-order valence-electron chi connectivity index (χ1n) is 17.7. The molecule has 0 saturated heterocycles. The van der Waals surface area contributed by atoms with E-state index >= 15 is 13.2 Å². The number of benzene rings is 6. The Labute approximate surface area is 329 Å². The summed E-state index contributed by atoms with van der Waals surface area (Å²) in [6, 6.07) is 36.7. The molecule has 0 amide bonds. The van der Waals surface area contributed by atoms with Gasteiger partial charge in [0, 0.05) is 12.0 Å². The Bertz CT molecular complexity index is 2590. The van der Waals surface area contributed by atoms with Crippen LogP contribution >= 0.6 is 0 Å². The number of carbonyl (C=O) groups is 4. The summed E-state index contributed by atoms with van der Waals surface area (Å²) in [6.45, 7) is 0. The Morgan fingerprint density at radius 2 is 0.897 bits per heavy atom. The second-order valence-electron chi connectivity index (χ2n) is 13.7. The van der Waals surface area contributed by atoms with Crippen LogP contribution in [0.5, 0.6) is 0 Å². The van der Waals surface area contributed by atoms with E-state index in [1.165, 1.54) is 97.1 Å². The van der Waals surface area contributed by atoms with Crippen molar-refractivity contribution in [3.05, 3.63) is 191 Å². The SMILES string of the molecule is O=C(O)c1ccc(C2=CC(c3cc(-c4ccc(C(=O)O)cc4)cc(-c4ccc(C(=O)O)cc4)c3)=C(C(F)(F)F)CC2(C(=O)O)c2cccc(-c3ccccc3)c2)cc1. The van der Waals surface area contributed by atoms with Crippen LogP contribution in [0.1, 0.15) is 54.2 Å². The summed E-state index contributed by atoms with van der Waals surface area (Å²) >= 11 is 0. The lowest BCUT2D eigenvalue weighted by Gasteiger charge is -2.39. The number of halogens is 3. The quantitative estimate of drug-likeness (QED) is 0.107. The Kier molecular flexibility index (Phi) is 10.1. The zero-order valence-electron chi connectivity index (χ0n) is 30.2. The van der Waals surface area contributed by atoms with E-state index < -0.39 is 47.5 Å². The molecule has 0 aromatic heterocycles. The molecular formula is C47H31F3O8. The lowest BCUT2D eigenvalue weighted by atomic mass is 9.63. The van der Waals surface area contributed by atoms with Gasteiger partial charge in [0.1, 0.15) is 5.41 Å². The summed E-state index contributed by atoms with van der Waals surface area (Å²) in [4.78, 5) is 48.9. The molecule has 1 atom stereocenters. The van der Waals surface area contributed by atoms with Gasteiger partial charge in [-0.25, -0.2) is 14.4 Å². The van der Waals surface area contributed by atoms with Gasteiger partial charge in [0.15, 0.2) is 0 Å². The van der Waals surface area contributed by atoms with Crippen LogP contribution in [0.15, 0.2) is 157 Å². The molecule has 11 heteroatoms. The maximum atomic E-state index is 15.6. The van der Waals surface area contributed by atoms with E-state index in [0.717, 1.165) is 0 Å². The molecule has 0 heterocycles. The van der Waals surface area contributed by atoms with Crippen LogP contribution in [0.25, 0.3) is 44.5 Å². The van der Waals surface area contributed by atoms with Crippen LogP contribution in [0.3, 0.4) is 0 Å². The van der Waals surface area contributed by atoms with Crippen LogP contribution in [0.4, 0.5) is 13.2 Å². The summed E-state index contributed by atoms with van der Waals surface area (Å²) in [7, 11) is 0. The van der Waals surface area contributed by atoms with Gasteiger partial charge in [0.05, 0.1) is 16.7 Å². The second-order valence-corrected chi connectivity index (χ2v) is 13.7. The van der Waals surface area contributed by atoms with Crippen molar-refractivity contribution >= 4 is 35.0 Å². The molecule has 4 N–H and O–H groups in total. The second kappa shape index (κ2) is 15.2. The first kappa shape index (κ1) is 38.7. The highest BCUT2D eigenvalue weighted by atomic mass is 19.4. The maximum Gasteiger partial charge on any atom is 0.413 e. The minimum atomic E-state index is -5.05. The normalized spacial score (nSPS) is 15.4. The fraction of sp³-hybridized carbons (Fsp3) is 0.0638. The van der Waals surface area contributed by atoms with E-state index in [4.69, 9.17) is 0 Å². The molecule has 6 aromatic rings. The minimum absolute atomic E-state index is 0.0124. The smallest absolute Gasteiger partial charge is 0.413 e. The lowest BCUT2D eigenvalue weighted by Crippen LogP contribution is -2.41. The van der Waals surface area contributed by atoms with Gasteiger partial charge in [-0.05, 0) is 128 Å². The first-order valence-corrected chi connectivity index (χ1v) is 17.7. The van der Waals surface area contributed by atoms with Crippen LogP contribution in [0, 0.1) is 0 Å². The molecule has 1 aliphatic rings. The Balaban J connectivity index is 1.52. The largest absolute Gasteiger partial charge is 0.480 e. The maximum absolute atomic E-state index is 15.6. The monoisotopic (exact) mass is 780 g/mol. The molecule has 0 aliphatic heterocycles. The number of hydrogen-bond donors (Lipinski definition) is 4. The van der Waals surface area contributed by atoms with Gasteiger partial charge in [0.25, 0.3) is 0 Å². The van der Waals surface area contributed by atoms with Gasteiger partial charge < -0.3 is 20.4 Å². The molecule has 0 saturated carbocycles. The molecule has 0 spiro atoms. The van der Waals surface area contributed by atoms with E-state index in [1.54, 1.807) is 54.6 Å². The Morgan fingerprint density at radius 1 is 0.466 bits per heavy atom. The van der Waals surface area contributed by atoms with Crippen molar-refractivity contribution in [1.29, 1.82) is 0 Å². The number of hydrogen-bond acceptors (Lipinski definition) is 4. The zero-order chi connectivity index (χ0) is 41.4. The lowest BCUT2D eigenvalue weighted by molar-refractivity contribution is -0.142. The minimum Gasteiger partial charge on any atom is -0.480 e. The molecule has 8 nitrogen and oxygen atoms in total. The van der Waals surface area contributed by atoms with E-state index in [2.05, 4.69) is 0 Å². The summed E-state index contributed by atoms with van der Waals surface area (Å²) in [5.41, 5.74) is -0.643. The average molecular weight is 781 g/mol. The molecular weight excluding hydrogens is 750 g/mol. The van der Waals surface area contributed by atoms with Gasteiger partial charge in [-0.2, -0.15) is 13.2 Å². The summed E-state index contributed by atoms with van der Waals surface area (Å²) < 4.78 is 46.9. The molecule has 1 aliphatic carbocycles. The van der Waals surface area contributed by atoms with Crippen molar-refractivity contribution in [3.8, 4) is 33.4 Å². The van der Waals surface area contributed by atoms with E-state index in [-0.39, 0.29) is 44.5 Å². The molecule has 288 valence electrons. The van der Waals surface area contributed by atoms with Crippen molar-refractivity contribution in [2.24, 2.45) is 0 Å². The van der Waals surface area contributed by atoms with Crippen LogP contribution in [0.2, 0.25) is 0 Å². The van der Waals surface area contributed by atoms with E-state index in [0.29, 0.717) is 33.4 Å². The zero-order valence-corrected chi connectivity index (χ0v) is 30.2. The highest BCUT2D eigenvalue weighted by molar-refractivity contribution is 6.06. The van der Waals surface area contributed by atoms with Gasteiger partial charge in [-0.1, -0.05) is 84.9 Å². The summed E-state index contributed by atoms with van der Waals surface area (Å²) in [5, 5.41) is 39.8. The van der Waals surface area contributed by atoms with Crippen LogP contribution in [-0.4, -0.2) is 50.5 Å². The molecule has 0 fully saturated rings. The molecule has 1 unspecified atom stereocenters. The van der Waals surface area contributed by atoms with Crippen molar-refractivity contribution in [2.75, 3.05) is 0 Å². The van der Waals surface area contributed by atoms with E-state index in [9.17, 15) is 39.6 Å². The molecule has 58 heavy (non-hydrogen) atoms. The third-order valence-corrected chi connectivity index (χ3v) is 10.3. The Hall–Kier alpha value is -7.53. The van der Waals surface area contributed by atoms with Gasteiger partial charge >= 0.3 is 30.1 Å². The number of alkyl halides is 3. The number of allylic oxidation sites excluding steroid dienone is 3. The van der Waals surface area contributed by atoms with Crippen molar-refractivity contribution in [1.82, 2.24) is 0 Å². The van der Waals surface area contributed by atoms with Gasteiger partial charge in [-0.3, -0.25) is 4.79 Å². The highest BCUT2D eigenvalue weighted by Crippen LogP contribution is 2.54. The van der Waals surface area contributed by atoms with Crippen LogP contribution < -0.4 is 0 Å². The van der Waals surface area contributed by atoms with Crippen LogP contribution in [-0.2, 0) is 10.2 Å². The first-order chi connectivity index (χ1) is 27.6. The number of aliphatic carboxylic acids is 1. The standard InChI is InChI=1S/C47H31F3O8/c48-47(49,50)41-26-46(45(57)58,38-8-4-7-34(24-38)27-5-2-1-3-6-27)40(30-13-19-33(20-14-30)44(55)56)25-39(41)37-22-35(28-9-15-31(16-10-28)42(51)52)21-36(23-37)29-11-17-32(18-12-29)43(53)54/h1-25H,26H2,(H,51,52)(H,53,54)(H,55,56)(H,57,58). The molecule has 7 rings (SSSR count). The number of carboxylic acid groups (broad SMARTS) is 4. The average Bonchev–Trinajstić information content (AvgIpc) is 3.23. The predicted octanol–water partition coefficient (Wildman–Crippen LogP) is 10.6. The topological polar surface area (TPSA) is 149 Å². The third kappa shape index (κ3) is 7.40. The van der Waals surface area contributed by atoms with Gasteiger partial charge in [0.2, 0.25) is 0 Å². The van der Waals surface area contributed by atoms with Crippen molar-refractivity contribution < 1.29 is 52.8 Å². The van der Waals surface area contributed by atoms with Crippen molar-refractivity contribution in [3.63, 3.8) is 0 Å². The number of carboxylic acids is 4. The number of aromatic carboxylic acids is 3. The van der Waals surface area contributed by atoms with Crippen molar-refractivity contribution in [2.45, 2.75) is 18.0 Å². The van der Waals surface area contributed by atoms with Gasteiger partial charge in [-0.15, -0.1) is 0 Å².